The number of phenols is 1. The Balaban J connectivity index is 2.24. The fourth-order valence-electron chi connectivity index (χ4n) is 5.10. The SMILES string of the molecule is CN(C)c1cc(CC(C)(C)C)c(O)c2c1C[C@H]1C[C@H](O)C/C(O)=C(/C(N)=O)C(=N)C/C(O)=C\1C2=O. The number of nitrogens with zero attached hydrogens (tertiary/aromatic N) is 1. The lowest BCUT2D eigenvalue weighted by atomic mass is 9.72. The van der Waals surface area contributed by atoms with Gasteiger partial charge in [0.05, 0.1) is 23.0 Å². The molecule has 9 heteroatoms. The number of aliphatic hydroxyl groups excluding tert-OH is 3. The number of aromatic hydroxyl groups is 1. The number of amides is 1. The maximum Gasteiger partial charge on any atom is 0.253 e. The Kier molecular flexibility index (Phi) is 7.04. The molecule has 0 saturated heterocycles. The van der Waals surface area contributed by atoms with Crippen molar-refractivity contribution in [3.05, 3.63) is 45.4 Å². The summed E-state index contributed by atoms with van der Waals surface area (Å²) in [6, 6.07) is 1.88. The van der Waals surface area contributed by atoms with Crippen LogP contribution in [0.15, 0.2) is 28.7 Å². The molecule has 3 rings (SSSR count). The zero-order valence-electron chi connectivity index (χ0n) is 20.9. The van der Waals surface area contributed by atoms with Gasteiger partial charge in [-0.2, -0.15) is 0 Å². The fourth-order valence-corrected chi connectivity index (χ4v) is 5.10. The number of ketones is 1. The molecule has 1 aromatic carbocycles. The van der Waals surface area contributed by atoms with Gasteiger partial charge < -0.3 is 36.5 Å². The third-order valence-corrected chi connectivity index (χ3v) is 6.47. The Morgan fingerprint density at radius 3 is 2.34 bits per heavy atom. The average molecular weight is 486 g/mol. The Labute approximate surface area is 205 Å². The van der Waals surface area contributed by atoms with Crippen LogP contribution in [-0.2, 0) is 17.6 Å². The second kappa shape index (κ2) is 9.37. The molecule has 0 spiro atoms. The number of allylic oxidation sites excluding steroid dienone is 2. The van der Waals surface area contributed by atoms with Crippen molar-refractivity contribution in [2.45, 2.75) is 59.0 Å². The molecule has 0 aliphatic heterocycles. The average Bonchev–Trinajstić information content (AvgIpc) is 2.67. The number of carbonyl (C=O) groups excluding carboxylic acids is 2. The highest BCUT2D eigenvalue weighted by molar-refractivity contribution is 6.21. The van der Waals surface area contributed by atoms with Crippen molar-refractivity contribution in [3.63, 3.8) is 0 Å². The third-order valence-electron chi connectivity index (χ3n) is 6.47. The van der Waals surface area contributed by atoms with Crippen molar-refractivity contribution >= 4 is 23.1 Å². The van der Waals surface area contributed by atoms with Gasteiger partial charge in [0.15, 0.2) is 5.78 Å². The van der Waals surface area contributed by atoms with Crippen LogP contribution in [0.4, 0.5) is 5.69 Å². The largest absolute Gasteiger partial charge is 0.511 e. The van der Waals surface area contributed by atoms with Crippen LogP contribution in [0.3, 0.4) is 0 Å². The Hall–Kier alpha value is -3.33. The van der Waals surface area contributed by atoms with Crippen molar-refractivity contribution < 1.29 is 30.0 Å². The summed E-state index contributed by atoms with van der Waals surface area (Å²) in [5.41, 5.74) is 6.34. The molecule has 9 nitrogen and oxygen atoms in total. The van der Waals surface area contributed by atoms with Gasteiger partial charge in [-0.05, 0) is 47.8 Å². The maximum atomic E-state index is 13.8. The lowest BCUT2D eigenvalue weighted by Gasteiger charge is -2.34. The molecule has 2 aliphatic rings. The van der Waals surface area contributed by atoms with Crippen LogP contribution in [-0.4, -0.2) is 58.0 Å². The monoisotopic (exact) mass is 485 g/mol. The number of hydrogen-bond donors (Lipinski definition) is 6. The number of phenolic OH excluding ortho intramolecular Hbond substituents is 1. The molecule has 2 atom stereocenters. The molecule has 0 bridgehead atoms. The molecular weight excluding hydrogens is 450 g/mol. The summed E-state index contributed by atoms with van der Waals surface area (Å²) in [4.78, 5) is 27.5. The Bertz CT molecular complexity index is 1160. The first-order chi connectivity index (χ1) is 16.1. The quantitative estimate of drug-likeness (QED) is 0.382. The second-order valence-electron chi connectivity index (χ2n) is 10.9. The topological polar surface area (TPSA) is 168 Å². The van der Waals surface area contributed by atoms with Gasteiger partial charge in [-0.3, -0.25) is 9.59 Å². The molecule has 0 radical (unpaired) electrons. The van der Waals surface area contributed by atoms with Gasteiger partial charge in [-0.1, -0.05) is 20.8 Å². The molecule has 7 N–H and O–H groups in total. The molecule has 1 amide bonds. The van der Waals surface area contributed by atoms with Gasteiger partial charge in [-0.25, -0.2) is 0 Å². The molecule has 0 aromatic heterocycles. The summed E-state index contributed by atoms with van der Waals surface area (Å²) >= 11 is 0. The number of rotatable bonds is 3. The van der Waals surface area contributed by atoms with Crippen LogP contribution in [0.2, 0.25) is 0 Å². The van der Waals surface area contributed by atoms with Crippen LogP contribution in [0.25, 0.3) is 0 Å². The molecule has 190 valence electrons. The standard InChI is InChI=1S/C26H35N3O6/c1-26(2,3)11-13-8-17(29(4)5)15-7-12-6-14(30)9-18(31)22(25(28)35)16(27)10-19(32)20(12)24(34)21(15)23(13)33/h8,12,14,27,30-33H,6-7,9-11H2,1-5H3,(H2,28,35)/b20-19-,22-18-,27-16?/t12-,14+/m1/s1. The summed E-state index contributed by atoms with van der Waals surface area (Å²) < 4.78 is 0. The van der Waals surface area contributed by atoms with Gasteiger partial charge in [0.2, 0.25) is 0 Å². The Morgan fingerprint density at radius 1 is 1.17 bits per heavy atom. The number of nitrogens with one attached hydrogen (secondary N) is 1. The molecular formula is C26H35N3O6. The van der Waals surface area contributed by atoms with E-state index in [0.717, 1.165) is 5.69 Å². The smallest absolute Gasteiger partial charge is 0.253 e. The number of carbonyl (C=O) groups is 2. The summed E-state index contributed by atoms with van der Waals surface area (Å²) in [5.74, 6) is -3.34. The van der Waals surface area contributed by atoms with Crippen molar-refractivity contribution in [1.82, 2.24) is 0 Å². The number of nitrogens with two attached hydrogens (primary N) is 1. The lowest BCUT2D eigenvalue weighted by Crippen LogP contribution is -2.32. The molecule has 35 heavy (non-hydrogen) atoms. The van der Waals surface area contributed by atoms with Crippen molar-refractivity contribution in [2.75, 3.05) is 19.0 Å². The van der Waals surface area contributed by atoms with Gasteiger partial charge in [-0.15, -0.1) is 0 Å². The minimum Gasteiger partial charge on any atom is -0.511 e. The number of hydrogen-bond acceptors (Lipinski definition) is 8. The zero-order valence-corrected chi connectivity index (χ0v) is 20.9. The van der Waals surface area contributed by atoms with Crippen LogP contribution >= 0.6 is 0 Å². The number of benzene rings is 1. The van der Waals surface area contributed by atoms with E-state index < -0.39 is 52.9 Å². The number of primary amides is 1. The van der Waals surface area contributed by atoms with E-state index in [1.54, 1.807) is 0 Å². The number of aliphatic hydroxyl groups is 3. The van der Waals surface area contributed by atoms with E-state index in [4.69, 9.17) is 11.1 Å². The molecule has 0 heterocycles. The fraction of sp³-hybridized carbons (Fsp3) is 0.500. The van der Waals surface area contributed by atoms with Crippen LogP contribution in [0, 0.1) is 16.7 Å². The molecule has 0 fully saturated rings. The molecule has 0 unspecified atom stereocenters. The van der Waals surface area contributed by atoms with Crippen LogP contribution < -0.4 is 10.6 Å². The number of anilines is 1. The first-order valence-corrected chi connectivity index (χ1v) is 11.6. The minimum atomic E-state index is -1.16. The van der Waals surface area contributed by atoms with Gasteiger partial charge in [0.25, 0.3) is 5.91 Å². The second-order valence-corrected chi connectivity index (χ2v) is 10.9. The highest BCUT2D eigenvalue weighted by Crippen LogP contribution is 2.45. The lowest BCUT2D eigenvalue weighted by molar-refractivity contribution is -0.114. The van der Waals surface area contributed by atoms with E-state index in [9.17, 15) is 30.0 Å². The highest BCUT2D eigenvalue weighted by atomic mass is 16.3. The summed E-state index contributed by atoms with van der Waals surface area (Å²) in [6.45, 7) is 6.09. The number of fused-ring (bicyclic) bond motifs is 2. The van der Waals surface area contributed by atoms with E-state index in [0.29, 0.717) is 17.5 Å². The van der Waals surface area contributed by atoms with Gasteiger partial charge >= 0.3 is 0 Å². The van der Waals surface area contributed by atoms with Gasteiger partial charge in [0, 0.05) is 38.2 Å². The van der Waals surface area contributed by atoms with E-state index in [1.165, 1.54) is 0 Å². The first-order valence-electron chi connectivity index (χ1n) is 11.6. The summed E-state index contributed by atoms with van der Waals surface area (Å²) in [7, 11) is 3.69. The molecule has 1 aromatic rings. The van der Waals surface area contributed by atoms with Crippen LogP contribution in [0.1, 0.15) is 61.5 Å². The Morgan fingerprint density at radius 2 is 1.80 bits per heavy atom. The van der Waals surface area contributed by atoms with E-state index in [1.807, 2.05) is 45.8 Å². The summed E-state index contributed by atoms with van der Waals surface area (Å²) in [6.07, 6.45) is -1.17. The number of Topliss-reactive ketones (excluding diaryl/α,β-unsaturated/α-hetero) is 1. The van der Waals surface area contributed by atoms with E-state index in [2.05, 4.69) is 0 Å². The van der Waals surface area contributed by atoms with Crippen molar-refractivity contribution in [3.8, 4) is 5.75 Å². The summed E-state index contributed by atoms with van der Waals surface area (Å²) in [5, 5.41) is 51.4. The van der Waals surface area contributed by atoms with Crippen LogP contribution in [0.5, 0.6) is 5.75 Å². The zero-order chi connectivity index (χ0) is 26.4. The van der Waals surface area contributed by atoms with Crippen molar-refractivity contribution in [1.29, 1.82) is 5.41 Å². The maximum absolute atomic E-state index is 13.8. The first kappa shape index (κ1) is 26.3. The third kappa shape index (κ3) is 5.19. The predicted molar refractivity (Wildman–Crippen MR) is 133 cm³/mol. The molecule has 0 saturated carbocycles. The van der Waals surface area contributed by atoms with E-state index in [-0.39, 0.29) is 41.6 Å². The predicted octanol–water partition coefficient (Wildman–Crippen LogP) is 3.08. The highest BCUT2D eigenvalue weighted by Gasteiger charge is 2.40. The van der Waals surface area contributed by atoms with Gasteiger partial charge in [0.1, 0.15) is 17.3 Å². The van der Waals surface area contributed by atoms with E-state index >= 15 is 0 Å². The minimum absolute atomic E-state index is 0.000532. The molecule has 2 aliphatic carbocycles. The normalized spacial score (nSPS) is 25.7. The van der Waals surface area contributed by atoms with Crippen molar-refractivity contribution in [2.24, 2.45) is 17.1 Å².